The van der Waals surface area contributed by atoms with Crippen LogP contribution in [0.2, 0.25) is 5.15 Å². The summed E-state index contributed by atoms with van der Waals surface area (Å²) in [5, 5.41) is 26.6. The maximum Gasteiger partial charge on any atom is 0.321 e. The minimum atomic E-state index is -1.11. The van der Waals surface area contributed by atoms with Gasteiger partial charge in [0.25, 0.3) is 0 Å². The fourth-order valence-electron chi connectivity index (χ4n) is 4.66. The van der Waals surface area contributed by atoms with E-state index in [2.05, 4.69) is 66.7 Å². The van der Waals surface area contributed by atoms with Crippen LogP contribution >= 0.6 is 11.6 Å². The van der Waals surface area contributed by atoms with Crippen LogP contribution < -0.4 is 5.32 Å². The number of benzene rings is 2. The number of nitrogens with zero attached hydrogens (tertiary/aromatic N) is 5. The van der Waals surface area contributed by atoms with Gasteiger partial charge < -0.3 is 19.7 Å². The van der Waals surface area contributed by atoms with Gasteiger partial charge in [-0.25, -0.2) is 4.98 Å². The number of nitrogens with one attached hydrogen (secondary N) is 2. The maximum atomic E-state index is 12.4. The number of esters is 1. The van der Waals surface area contributed by atoms with E-state index in [1.807, 2.05) is 24.3 Å². The lowest BCUT2D eigenvalue weighted by Crippen LogP contribution is -2.37. The second-order valence-electron chi connectivity index (χ2n) is 9.82. The number of aliphatic carboxylic acids is 1. The largest absolute Gasteiger partial charge is 0.480 e. The van der Waals surface area contributed by atoms with Crippen LogP contribution in [-0.4, -0.2) is 66.4 Å². The number of rotatable bonds is 14. The number of unbranched alkanes of at least 4 members (excludes halogenated alkanes) is 1. The van der Waals surface area contributed by atoms with Crippen LogP contribution in [0.15, 0.2) is 48.5 Å². The zero-order valence-electron chi connectivity index (χ0n) is 23.3. The summed E-state index contributed by atoms with van der Waals surface area (Å²) in [6, 6.07) is 15.1. The lowest BCUT2D eigenvalue weighted by atomic mass is 9.98. The minimum Gasteiger partial charge on any atom is -0.480 e. The number of carboxylic acid groups (broad SMARTS) is 1. The maximum absolute atomic E-state index is 12.4. The molecule has 1 unspecified atom stereocenters. The van der Waals surface area contributed by atoms with Crippen LogP contribution in [0.5, 0.6) is 0 Å². The van der Waals surface area contributed by atoms with Crippen LogP contribution in [0.4, 0.5) is 0 Å². The zero-order valence-corrected chi connectivity index (χ0v) is 24.1. The van der Waals surface area contributed by atoms with Gasteiger partial charge in [-0.2, -0.15) is 5.21 Å². The van der Waals surface area contributed by atoms with Crippen molar-refractivity contribution in [2.75, 3.05) is 7.05 Å². The molecule has 2 heterocycles. The van der Waals surface area contributed by atoms with Crippen LogP contribution in [0.3, 0.4) is 0 Å². The zero-order chi connectivity index (χ0) is 29.4. The molecule has 41 heavy (non-hydrogen) atoms. The number of carbonyl (C=O) groups is 2. The van der Waals surface area contributed by atoms with Gasteiger partial charge in [0.05, 0.1) is 12.1 Å². The molecule has 0 aliphatic rings. The molecule has 216 valence electrons. The SMILES string of the molecule is CCCCc1nc(Cl)c(C[C@H](C)OC(=O)CC(NC)C(=O)O)n1Cc1ccc(-c2ccccc2-c2nn[nH]n2)cc1. The standard InChI is InChI=1S/C29H34ClN7O4/c1-4-5-10-25-32-27(30)24(15-18(2)41-26(38)16-23(31-3)29(39)40)37(25)17-19-11-13-20(14-12-19)21-8-6-7-9-22(21)28-33-35-36-34-28/h6-9,11-14,18,23,31H,4-5,10,15-17H2,1-3H3,(H,39,40)(H,33,34,35,36)/t18-,23?/m0/s1. The molecule has 0 amide bonds. The second kappa shape index (κ2) is 14.0. The average molecular weight is 580 g/mol. The van der Waals surface area contributed by atoms with Crippen molar-refractivity contribution in [1.29, 1.82) is 0 Å². The molecule has 0 radical (unpaired) electrons. The summed E-state index contributed by atoms with van der Waals surface area (Å²) in [6.07, 6.45) is 2.29. The first-order valence-corrected chi connectivity index (χ1v) is 13.9. The van der Waals surface area contributed by atoms with Crippen molar-refractivity contribution >= 4 is 23.5 Å². The Kier molecular flexibility index (Phi) is 10.2. The summed E-state index contributed by atoms with van der Waals surface area (Å²) in [5.41, 5.74) is 4.72. The van der Waals surface area contributed by atoms with Crippen molar-refractivity contribution < 1.29 is 19.4 Å². The Bertz CT molecular complexity index is 1450. The van der Waals surface area contributed by atoms with Gasteiger partial charge in [0.15, 0.2) is 5.15 Å². The number of H-pyrrole nitrogens is 1. The first kappa shape index (κ1) is 29.9. The van der Waals surface area contributed by atoms with Gasteiger partial charge in [-0.15, -0.1) is 10.2 Å². The Morgan fingerprint density at radius 3 is 2.51 bits per heavy atom. The average Bonchev–Trinajstić information content (AvgIpc) is 3.60. The molecule has 0 saturated heterocycles. The molecule has 0 fully saturated rings. The highest BCUT2D eigenvalue weighted by Crippen LogP contribution is 2.30. The molecule has 0 bridgehead atoms. The molecule has 0 spiro atoms. The number of aryl methyl sites for hydroxylation is 1. The topological polar surface area (TPSA) is 148 Å². The highest BCUT2D eigenvalue weighted by Gasteiger charge is 2.24. The third kappa shape index (κ3) is 7.56. The number of hydrogen-bond acceptors (Lipinski definition) is 8. The predicted molar refractivity (Wildman–Crippen MR) is 154 cm³/mol. The van der Waals surface area contributed by atoms with Gasteiger partial charge in [-0.1, -0.05) is 73.5 Å². The molecular formula is C29H34ClN7O4. The number of tetrazole rings is 1. The molecule has 2 aromatic heterocycles. The summed E-state index contributed by atoms with van der Waals surface area (Å²) in [4.78, 5) is 28.3. The molecule has 4 aromatic rings. The van der Waals surface area contributed by atoms with E-state index in [9.17, 15) is 14.7 Å². The van der Waals surface area contributed by atoms with Crippen LogP contribution in [-0.2, 0) is 33.7 Å². The van der Waals surface area contributed by atoms with E-state index < -0.39 is 24.1 Å². The van der Waals surface area contributed by atoms with Gasteiger partial charge in [-0.05, 0) is 42.3 Å². The highest BCUT2D eigenvalue weighted by molar-refractivity contribution is 6.30. The smallest absolute Gasteiger partial charge is 0.321 e. The Morgan fingerprint density at radius 1 is 1.15 bits per heavy atom. The molecule has 12 heteroatoms. The molecule has 4 rings (SSSR count). The van der Waals surface area contributed by atoms with Gasteiger partial charge in [0, 0.05) is 24.9 Å². The summed E-state index contributed by atoms with van der Waals surface area (Å²) in [5.74, 6) is -0.298. The fourth-order valence-corrected chi connectivity index (χ4v) is 4.93. The number of carbonyl (C=O) groups excluding carboxylic acids is 1. The third-order valence-corrected chi connectivity index (χ3v) is 7.11. The summed E-state index contributed by atoms with van der Waals surface area (Å²) in [6.45, 7) is 4.43. The molecule has 3 N–H and O–H groups in total. The van der Waals surface area contributed by atoms with Crippen molar-refractivity contribution in [3.63, 3.8) is 0 Å². The van der Waals surface area contributed by atoms with E-state index in [-0.39, 0.29) is 6.42 Å². The normalized spacial score (nSPS) is 12.7. The van der Waals surface area contributed by atoms with Crippen LogP contribution in [0.1, 0.15) is 50.2 Å². The number of ether oxygens (including phenoxy) is 1. The number of imidazole rings is 1. The van der Waals surface area contributed by atoms with Gasteiger partial charge >= 0.3 is 11.9 Å². The second-order valence-corrected chi connectivity index (χ2v) is 10.2. The quantitative estimate of drug-likeness (QED) is 0.186. The monoisotopic (exact) mass is 579 g/mol. The lowest BCUT2D eigenvalue weighted by molar-refractivity contribution is -0.152. The van der Waals surface area contributed by atoms with E-state index in [1.54, 1.807) is 6.92 Å². The Hall–Kier alpha value is -4.09. The molecule has 0 aliphatic heterocycles. The number of likely N-dealkylation sites (N-methyl/N-ethyl adjacent to an activating group) is 1. The third-order valence-electron chi connectivity index (χ3n) is 6.81. The fraction of sp³-hybridized carbons (Fsp3) is 0.379. The van der Waals surface area contributed by atoms with E-state index in [0.29, 0.717) is 23.9 Å². The molecule has 2 atom stereocenters. The summed E-state index contributed by atoms with van der Waals surface area (Å²) < 4.78 is 7.63. The summed E-state index contributed by atoms with van der Waals surface area (Å²) in [7, 11) is 1.49. The highest BCUT2D eigenvalue weighted by atomic mass is 35.5. The van der Waals surface area contributed by atoms with E-state index in [0.717, 1.165) is 53.0 Å². The molecule has 0 saturated carbocycles. The molecular weight excluding hydrogens is 546 g/mol. The molecule has 0 aliphatic carbocycles. The van der Waals surface area contributed by atoms with Crippen molar-refractivity contribution in [2.24, 2.45) is 0 Å². The van der Waals surface area contributed by atoms with Crippen LogP contribution in [0.25, 0.3) is 22.5 Å². The van der Waals surface area contributed by atoms with E-state index in [1.165, 1.54) is 7.05 Å². The van der Waals surface area contributed by atoms with Gasteiger partial charge in [0.2, 0.25) is 5.82 Å². The summed E-state index contributed by atoms with van der Waals surface area (Å²) >= 11 is 6.62. The number of aromatic amines is 1. The van der Waals surface area contributed by atoms with Crippen molar-refractivity contribution in [2.45, 2.75) is 64.6 Å². The number of carboxylic acids is 1. The van der Waals surface area contributed by atoms with Crippen molar-refractivity contribution in [3.8, 4) is 22.5 Å². The number of aromatic nitrogens is 6. The molecule has 2 aromatic carbocycles. The van der Waals surface area contributed by atoms with Gasteiger partial charge in [-0.3, -0.25) is 9.59 Å². The first-order chi connectivity index (χ1) is 19.8. The van der Waals surface area contributed by atoms with Crippen molar-refractivity contribution in [1.82, 2.24) is 35.5 Å². The first-order valence-electron chi connectivity index (χ1n) is 13.6. The molecule has 11 nitrogen and oxygen atoms in total. The predicted octanol–water partition coefficient (Wildman–Crippen LogP) is 4.31. The number of halogens is 1. The lowest BCUT2D eigenvalue weighted by Gasteiger charge is -2.18. The van der Waals surface area contributed by atoms with Crippen LogP contribution in [0, 0.1) is 0 Å². The minimum absolute atomic E-state index is 0.271. The Labute approximate surface area is 243 Å². The number of hydrogen-bond donors (Lipinski definition) is 3. The van der Waals surface area contributed by atoms with E-state index in [4.69, 9.17) is 16.3 Å². The van der Waals surface area contributed by atoms with Crippen molar-refractivity contribution in [3.05, 3.63) is 70.8 Å². The van der Waals surface area contributed by atoms with E-state index >= 15 is 0 Å². The Morgan fingerprint density at radius 2 is 1.88 bits per heavy atom. The Balaban J connectivity index is 1.54. The van der Waals surface area contributed by atoms with Gasteiger partial charge in [0.1, 0.15) is 18.0 Å².